The minimum Gasteiger partial charge on any atom is -0.350 e. The summed E-state index contributed by atoms with van der Waals surface area (Å²) < 4.78 is 2.17. The molecule has 1 aromatic rings. The number of nitrogens with two attached hydrogens (primary N) is 1. The number of aromatic nitrogens is 1. The first-order chi connectivity index (χ1) is 7.06. The molecule has 0 bridgehead atoms. The summed E-state index contributed by atoms with van der Waals surface area (Å²) in [6.45, 7) is 7.06. The molecule has 0 fully saturated rings. The number of primary amides is 1. The molecule has 5 heteroatoms. The first-order valence-electron chi connectivity index (χ1n) is 4.81. The highest BCUT2D eigenvalue weighted by Gasteiger charge is 2.04. The van der Waals surface area contributed by atoms with Crippen molar-refractivity contribution >= 4 is 12.2 Å². The molecule has 0 saturated carbocycles. The predicted molar refractivity (Wildman–Crippen MR) is 59.9 cm³/mol. The van der Waals surface area contributed by atoms with E-state index in [9.17, 15) is 4.79 Å². The van der Waals surface area contributed by atoms with E-state index in [-0.39, 0.29) is 0 Å². The number of nitrogens with one attached hydrogen (secondary N) is 1. The number of hydrogen-bond acceptors (Lipinski definition) is 2. The van der Waals surface area contributed by atoms with Crippen LogP contribution in [0.25, 0.3) is 0 Å². The van der Waals surface area contributed by atoms with E-state index in [4.69, 9.17) is 5.73 Å². The molecule has 0 aliphatic carbocycles. The normalized spacial score (nSPS) is 10.9. The van der Waals surface area contributed by atoms with Crippen molar-refractivity contribution in [2.24, 2.45) is 10.8 Å². The highest BCUT2D eigenvalue weighted by molar-refractivity contribution is 5.83. The molecule has 1 heterocycles. The van der Waals surface area contributed by atoms with Gasteiger partial charge in [0.05, 0.1) is 6.21 Å². The summed E-state index contributed by atoms with van der Waals surface area (Å²) in [5.41, 5.74) is 10.3. The number of aryl methyl sites for hydroxylation is 1. The van der Waals surface area contributed by atoms with Crippen LogP contribution in [0.4, 0.5) is 4.79 Å². The summed E-state index contributed by atoms with van der Waals surface area (Å²) in [6.07, 6.45) is 1.60. The number of hydrazone groups is 1. The van der Waals surface area contributed by atoms with Crippen molar-refractivity contribution in [1.82, 2.24) is 9.99 Å². The molecule has 3 N–H and O–H groups in total. The topological polar surface area (TPSA) is 72.4 Å². The van der Waals surface area contributed by atoms with Gasteiger partial charge in [0, 0.05) is 23.5 Å². The maximum atomic E-state index is 10.4. The maximum absolute atomic E-state index is 10.4. The molecule has 0 spiro atoms. The van der Waals surface area contributed by atoms with Crippen molar-refractivity contribution in [3.63, 3.8) is 0 Å². The second kappa shape index (κ2) is 4.63. The van der Waals surface area contributed by atoms with Gasteiger partial charge in [0.15, 0.2) is 0 Å². The monoisotopic (exact) mass is 208 g/mol. The number of urea groups is 1. The summed E-state index contributed by atoms with van der Waals surface area (Å²) in [7, 11) is 0. The van der Waals surface area contributed by atoms with Gasteiger partial charge < -0.3 is 10.3 Å². The molecule has 2 amide bonds. The second-order valence-corrected chi connectivity index (χ2v) is 3.30. The Morgan fingerprint density at radius 3 is 2.80 bits per heavy atom. The second-order valence-electron chi connectivity index (χ2n) is 3.30. The Balaban J connectivity index is 2.87. The summed E-state index contributed by atoms with van der Waals surface area (Å²) >= 11 is 0. The Labute approximate surface area is 89.0 Å². The van der Waals surface area contributed by atoms with E-state index >= 15 is 0 Å². The van der Waals surface area contributed by atoms with Gasteiger partial charge >= 0.3 is 6.03 Å². The van der Waals surface area contributed by atoms with E-state index in [1.165, 1.54) is 5.69 Å². The van der Waals surface area contributed by atoms with E-state index in [0.717, 1.165) is 17.8 Å². The molecule has 5 nitrogen and oxygen atoms in total. The first-order valence-corrected chi connectivity index (χ1v) is 4.81. The standard InChI is InChI=1S/C10H16N4O/c1-4-14-7(2)5-9(8(14)3)6-12-13-10(11)15/h5-6H,4H2,1-3H3,(H3,11,13,15). The number of amides is 2. The van der Waals surface area contributed by atoms with Crippen LogP contribution >= 0.6 is 0 Å². The lowest BCUT2D eigenvalue weighted by Crippen LogP contribution is -2.24. The highest BCUT2D eigenvalue weighted by atomic mass is 16.2. The number of rotatable bonds is 3. The largest absolute Gasteiger partial charge is 0.350 e. The van der Waals surface area contributed by atoms with Crippen LogP contribution in [0.3, 0.4) is 0 Å². The molecule has 0 radical (unpaired) electrons. The van der Waals surface area contributed by atoms with Gasteiger partial charge in [0.25, 0.3) is 0 Å². The molecule has 1 aromatic heterocycles. The number of hydrogen-bond donors (Lipinski definition) is 2. The van der Waals surface area contributed by atoms with Crippen LogP contribution in [-0.2, 0) is 6.54 Å². The minimum absolute atomic E-state index is 0.657. The summed E-state index contributed by atoms with van der Waals surface area (Å²) in [5, 5.41) is 3.73. The zero-order valence-electron chi connectivity index (χ0n) is 9.24. The fraction of sp³-hybridized carbons (Fsp3) is 0.400. The van der Waals surface area contributed by atoms with Crippen LogP contribution in [0.1, 0.15) is 23.9 Å². The molecule has 0 aliphatic rings. The Morgan fingerprint density at radius 1 is 1.67 bits per heavy atom. The lowest BCUT2D eigenvalue weighted by Gasteiger charge is -2.04. The van der Waals surface area contributed by atoms with Crippen LogP contribution in [0.5, 0.6) is 0 Å². The number of nitrogens with zero attached hydrogens (tertiary/aromatic N) is 2. The van der Waals surface area contributed by atoms with Crippen molar-refractivity contribution in [3.8, 4) is 0 Å². The van der Waals surface area contributed by atoms with Gasteiger partial charge in [-0.2, -0.15) is 5.10 Å². The highest BCUT2D eigenvalue weighted by Crippen LogP contribution is 2.12. The van der Waals surface area contributed by atoms with E-state index in [2.05, 4.69) is 22.0 Å². The average molecular weight is 208 g/mol. The van der Waals surface area contributed by atoms with Crippen LogP contribution < -0.4 is 11.2 Å². The Hall–Kier alpha value is -1.78. The van der Waals surface area contributed by atoms with Gasteiger partial charge in [-0.3, -0.25) is 0 Å². The summed E-state index contributed by atoms with van der Waals surface area (Å²) in [6, 6.07) is 1.36. The molecular formula is C10H16N4O. The van der Waals surface area contributed by atoms with E-state index in [1.807, 2.05) is 19.9 Å². The average Bonchev–Trinajstić information content (AvgIpc) is 2.41. The maximum Gasteiger partial charge on any atom is 0.332 e. The molecule has 0 unspecified atom stereocenters. The molecule has 0 aromatic carbocycles. The minimum atomic E-state index is -0.657. The quantitative estimate of drug-likeness (QED) is 0.567. The van der Waals surface area contributed by atoms with Crippen molar-refractivity contribution in [2.75, 3.05) is 0 Å². The van der Waals surface area contributed by atoms with Crippen LogP contribution in [-0.4, -0.2) is 16.8 Å². The third kappa shape index (κ3) is 2.59. The number of carbonyl (C=O) groups is 1. The molecule has 1 rings (SSSR count). The van der Waals surface area contributed by atoms with E-state index in [1.54, 1.807) is 6.21 Å². The van der Waals surface area contributed by atoms with Crippen LogP contribution in [0, 0.1) is 13.8 Å². The number of carbonyl (C=O) groups excluding carboxylic acids is 1. The fourth-order valence-corrected chi connectivity index (χ4v) is 1.61. The van der Waals surface area contributed by atoms with E-state index < -0.39 is 6.03 Å². The van der Waals surface area contributed by atoms with Gasteiger partial charge in [-0.1, -0.05) is 0 Å². The van der Waals surface area contributed by atoms with Crippen molar-refractivity contribution in [2.45, 2.75) is 27.3 Å². The zero-order valence-corrected chi connectivity index (χ0v) is 9.24. The zero-order chi connectivity index (χ0) is 11.4. The van der Waals surface area contributed by atoms with Crippen molar-refractivity contribution in [1.29, 1.82) is 0 Å². The van der Waals surface area contributed by atoms with Gasteiger partial charge in [-0.05, 0) is 26.8 Å². The predicted octanol–water partition coefficient (Wildman–Crippen LogP) is 1.13. The Morgan fingerprint density at radius 2 is 2.33 bits per heavy atom. The van der Waals surface area contributed by atoms with Gasteiger partial charge in [0.1, 0.15) is 0 Å². The third-order valence-corrected chi connectivity index (χ3v) is 2.31. The Bertz CT molecular complexity index is 392. The van der Waals surface area contributed by atoms with Crippen molar-refractivity contribution in [3.05, 3.63) is 23.0 Å². The van der Waals surface area contributed by atoms with Crippen LogP contribution in [0.15, 0.2) is 11.2 Å². The molecule has 0 saturated heterocycles. The first kappa shape index (κ1) is 11.3. The van der Waals surface area contributed by atoms with Gasteiger partial charge in [-0.25, -0.2) is 10.2 Å². The third-order valence-electron chi connectivity index (χ3n) is 2.31. The lowest BCUT2D eigenvalue weighted by molar-refractivity contribution is 0.249. The SMILES string of the molecule is CCn1c(C)cc(C=NNC(N)=O)c1C. The lowest BCUT2D eigenvalue weighted by atomic mass is 10.3. The summed E-state index contributed by atoms with van der Waals surface area (Å²) in [4.78, 5) is 10.4. The molecule has 0 atom stereocenters. The van der Waals surface area contributed by atoms with Crippen molar-refractivity contribution < 1.29 is 4.79 Å². The van der Waals surface area contributed by atoms with E-state index in [0.29, 0.717) is 0 Å². The van der Waals surface area contributed by atoms with Gasteiger partial charge in [-0.15, -0.1) is 0 Å². The Kier molecular flexibility index (Phi) is 3.49. The van der Waals surface area contributed by atoms with Crippen LogP contribution in [0.2, 0.25) is 0 Å². The van der Waals surface area contributed by atoms with Gasteiger partial charge in [0.2, 0.25) is 0 Å². The smallest absolute Gasteiger partial charge is 0.332 e. The molecule has 0 aliphatic heterocycles. The molecule has 15 heavy (non-hydrogen) atoms. The fourth-order valence-electron chi connectivity index (χ4n) is 1.61. The summed E-state index contributed by atoms with van der Waals surface area (Å²) in [5.74, 6) is 0. The molecule has 82 valence electrons. The molecular weight excluding hydrogens is 192 g/mol.